The molecule has 1 aliphatic rings. The second-order valence-corrected chi connectivity index (χ2v) is 5.25. The van der Waals surface area contributed by atoms with Gasteiger partial charge in [-0.2, -0.15) is 0 Å². The highest BCUT2D eigenvalue weighted by Gasteiger charge is 2.34. The Morgan fingerprint density at radius 2 is 1.94 bits per heavy atom. The van der Waals surface area contributed by atoms with E-state index in [-0.39, 0.29) is 5.92 Å². The molecule has 0 radical (unpaired) electrons. The molecule has 1 saturated carbocycles. The van der Waals surface area contributed by atoms with Gasteiger partial charge in [0.1, 0.15) is 0 Å². The summed E-state index contributed by atoms with van der Waals surface area (Å²) >= 11 is 0. The van der Waals surface area contributed by atoms with Crippen molar-refractivity contribution in [3.05, 3.63) is 35.9 Å². The van der Waals surface area contributed by atoms with Crippen molar-refractivity contribution >= 4 is 5.97 Å². The Morgan fingerprint density at radius 3 is 2.44 bits per heavy atom. The van der Waals surface area contributed by atoms with Crippen LogP contribution >= 0.6 is 0 Å². The lowest BCUT2D eigenvalue weighted by molar-refractivity contribution is -0.142. The fourth-order valence-electron chi connectivity index (χ4n) is 2.35. The van der Waals surface area contributed by atoms with Crippen LogP contribution in [0.3, 0.4) is 0 Å². The van der Waals surface area contributed by atoms with Crippen molar-refractivity contribution in [3.8, 4) is 0 Å². The summed E-state index contributed by atoms with van der Waals surface area (Å²) in [6.07, 6.45) is 2.40. The van der Waals surface area contributed by atoms with Gasteiger partial charge in [0.2, 0.25) is 0 Å². The summed E-state index contributed by atoms with van der Waals surface area (Å²) < 4.78 is 0. The van der Waals surface area contributed by atoms with Gasteiger partial charge in [-0.05, 0) is 25.3 Å². The SMILES string of the molecule is CC(CN(C1CC1)C(C)c1ccccc1)C(=O)O. The highest BCUT2D eigenvalue weighted by atomic mass is 16.4. The molecule has 0 spiro atoms. The van der Waals surface area contributed by atoms with E-state index in [1.165, 1.54) is 18.4 Å². The van der Waals surface area contributed by atoms with Crippen molar-refractivity contribution in [2.24, 2.45) is 5.92 Å². The lowest BCUT2D eigenvalue weighted by Gasteiger charge is -2.30. The molecule has 0 aromatic heterocycles. The molecule has 0 heterocycles. The first kappa shape index (κ1) is 13.1. The van der Waals surface area contributed by atoms with Gasteiger partial charge >= 0.3 is 5.97 Å². The molecule has 1 aromatic rings. The highest BCUT2D eigenvalue weighted by molar-refractivity contribution is 5.69. The van der Waals surface area contributed by atoms with E-state index in [2.05, 4.69) is 24.0 Å². The Kier molecular flexibility index (Phi) is 4.02. The minimum Gasteiger partial charge on any atom is -0.481 e. The van der Waals surface area contributed by atoms with E-state index in [0.717, 1.165) is 0 Å². The molecule has 2 atom stereocenters. The fourth-order valence-corrected chi connectivity index (χ4v) is 2.35. The van der Waals surface area contributed by atoms with E-state index in [0.29, 0.717) is 18.6 Å². The van der Waals surface area contributed by atoms with Crippen LogP contribution in [0.25, 0.3) is 0 Å². The Hall–Kier alpha value is -1.35. The average molecular weight is 247 g/mol. The maximum Gasteiger partial charge on any atom is 0.307 e. The lowest BCUT2D eigenvalue weighted by atomic mass is 10.0. The number of nitrogens with zero attached hydrogens (tertiary/aromatic N) is 1. The molecule has 18 heavy (non-hydrogen) atoms. The highest BCUT2D eigenvalue weighted by Crippen LogP contribution is 2.34. The zero-order valence-corrected chi connectivity index (χ0v) is 11.0. The molecule has 0 saturated heterocycles. The predicted octanol–water partition coefficient (Wildman–Crippen LogP) is 2.93. The number of carbonyl (C=O) groups is 1. The quantitative estimate of drug-likeness (QED) is 0.840. The van der Waals surface area contributed by atoms with Crippen LogP contribution in [0.15, 0.2) is 30.3 Å². The summed E-state index contributed by atoms with van der Waals surface area (Å²) in [6, 6.07) is 11.2. The zero-order valence-electron chi connectivity index (χ0n) is 11.0. The van der Waals surface area contributed by atoms with Crippen LogP contribution in [0.4, 0.5) is 0 Å². The number of hydrogen-bond acceptors (Lipinski definition) is 2. The van der Waals surface area contributed by atoms with Crippen molar-refractivity contribution < 1.29 is 9.90 Å². The maximum absolute atomic E-state index is 11.0. The van der Waals surface area contributed by atoms with Crippen LogP contribution in [-0.2, 0) is 4.79 Å². The third-order valence-electron chi connectivity index (χ3n) is 3.70. The Labute approximate surface area is 108 Å². The zero-order chi connectivity index (χ0) is 13.1. The lowest BCUT2D eigenvalue weighted by Crippen LogP contribution is -2.35. The molecule has 0 aliphatic heterocycles. The Morgan fingerprint density at radius 1 is 1.33 bits per heavy atom. The van der Waals surface area contributed by atoms with E-state index in [1.807, 2.05) is 18.2 Å². The molecule has 1 N–H and O–H groups in total. The molecule has 3 heteroatoms. The van der Waals surface area contributed by atoms with Gasteiger partial charge in [0, 0.05) is 18.6 Å². The fraction of sp³-hybridized carbons (Fsp3) is 0.533. The van der Waals surface area contributed by atoms with Crippen molar-refractivity contribution in [2.45, 2.75) is 38.8 Å². The first-order valence-electron chi connectivity index (χ1n) is 6.63. The first-order chi connectivity index (χ1) is 8.59. The van der Waals surface area contributed by atoms with Gasteiger partial charge in [0.05, 0.1) is 5.92 Å². The molecular formula is C15H21NO2. The summed E-state index contributed by atoms with van der Waals surface area (Å²) in [7, 11) is 0. The third kappa shape index (κ3) is 3.10. The van der Waals surface area contributed by atoms with Gasteiger partial charge in [0.15, 0.2) is 0 Å². The second kappa shape index (κ2) is 5.53. The van der Waals surface area contributed by atoms with E-state index >= 15 is 0 Å². The van der Waals surface area contributed by atoms with Crippen molar-refractivity contribution in [1.82, 2.24) is 4.90 Å². The van der Waals surface area contributed by atoms with Crippen LogP contribution in [0, 0.1) is 5.92 Å². The molecule has 3 nitrogen and oxygen atoms in total. The number of hydrogen-bond donors (Lipinski definition) is 1. The van der Waals surface area contributed by atoms with Crippen LogP contribution in [0.2, 0.25) is 0 Å². The average Bonchev–Trinajstić information content (AvgIpc) is 3.20. The summed E-state index contributed by atoms with van der Waals surface area (Å²) in [6.45, 7) is 4.59. The molecule has 0 bridgehead atoms. The van der Waals surface area contributed by atoms with Crippen LogP contribution in [-0.4, -0.2) is 28.6 Å². The van der Waals surface area contributed by atoms with Crippen LogP contribution < -0.4 is 0 Å². The molecule has 98 valence electrons. The van der Waals surface area contributed by atoms with Gasteiger partial charge < -0.3 is 5.11 Å². The van der Waals surface area contributed by atoms with E-state index in [1.54, 1.807) is 6.92 Å². The van der Waals surface area contributed by atoms with E-state index in [9.17, 15) is 4.79 Å². The molecule has 1 aliphatic carbocycles. The number of aliphatic carboxylic acids is 1. The van der Waals surface area contributed by atoms with Crippen molar-refractivity contribution in [1.29, 1.82) is 0 Å². The second-order valence-electron chi connectivity index (χ2n) is 5.25. The number of carboxylic acids is 1. The number of rotatable bonds is 6. The van der Waals surface area contributed by atoms with E-state index in [4.69, 9.17) is 5.11 Å². The maximum atomic E-state index is 11.0. The minimum atomic E-state index is -0.707. The van der Waals surface area contributed by atoms with Gasteiger partial charge in [0.25, 0.3) is 0 Å². The molecule has 1 aromatic carbocycles. The standard InChI is InChI=1S/C15H21NO2/c1-11(15(17)18)10-16(14-8-9-14)12(2)13-6-4-3-5-7-13/h3-7,11-12,14H,8-10H2,1-2H3,(H,17,18). The first-order valence-corrected chi connectivity index (χ1v) is 6.63. The number of benzene rings is 1. The van der Waals surface area contributed by atoms with E-state index < -0.39 is 5.97 Å². The summed E-state index contributed by atoms with van der Waals surface area (Å²) in [5, 5.41) is 9.06. The van der Waals surface area contributed by atoms with Crippen LogP contribution in [0.1, 0.15) is 38.3 Å². The predicted molar refractivity (Wildman–Crippen MR) is 71.4 cm³/mol. The molecular weight excluding hydrogens is 226 g/mol. The Bertz CT molecular complexity index is 400. The Balaban J connectivity index is 2.08. The monoisotopic (exact) mass is 247 g/mol. The molecule has 0 amide bonds. The summed E-state index contributed by atoms with van der Waals surface area (Å²) in [4.78, 5) is 13.4. The molecule has 2 unspecified atom stereocenters. The van der Waals surface area contributed by atoms with Gasteiger partial charge in [-0.3, -0.25) is 9.69 Å². The number of carboxylic acid groups (broad SMARTS) is 1. The largest absolute Gasteiger partial charge is 0.481 e. The van der Waals surface area contributed by atoms with Gasteiger partial charge in [-0.1, -0.05) is 37.3 Å². The third-order valence-corrected chi connectivity index (χ3v) is 3.70. The normalized spacial score (nSPS) is 18.6. The smallest absolute Gasteiger partial charge is 0.307 e. The van der Waals surface area contributed by atoms with Crippen LogP contribution in [0.5, 0.6) is 0 Å². The topological polar surface area (TPSA) is 40.5 Å². The van der Waals surface area contributed by atoms with Gasteiger partial charge in [-0.15, -0.1) is 0 Å². The van der Waals surface area contributed by atoms with Crippen molar-refractivity contribution in [2.75, 3.05) is 6.54 Å². The molecule has 1 fully saturated rings. The molecule has 2 rings (SSSR count). The van der Waals surface area contributed by atoms with Gasteiger partial charge in [-0.25, -0.2) is 0 Å². The minimum absolute atomic E-state index is 0.292. The summed E-state index contributed by atoms with van der Waals surface area (Å²) in [5.41, 5.74) is 1.27. The summed E-state index contributed by atoms with van der Waals surface area (Å²) in [5.74, 6) is -1.02. The van der Waals surface area contributed by atoms with Crippen molar-refractivity contribution in [3.63, 3.8) is 0 Å².